The highest BCUT2D eigenvalue weighted by Crippen LogP contribution is 2.24. The van der Waals surface area contributed by atoms with Crippen molar-refractivity contribution in [2.75, 3.05) is 25.5 Å². The molecule has 7 nitrogen and oxygen atoms in total. The van der Waals surface area contributed by atoms with E-state index in [0.29, 0.717) is 25.9 Å². The van der Waals surface area contributed by atoms with Gasteiger partial charge < -0.3 is 15.4 Å². The molecule has 1 amide bonds. The molecule has 0 unspecified atom stereocenters. The number of hydrogen-bond donors (Lipinski definition) is 3. The maximum Gasteiger partial charge on any atom is 0.238 e. The van der Waals surface area contributed by atoms with Crippen LogP contribution in [-0.4, -0.2) is 34.5 Å². The van der Waals surface area contributed by atoms with Crippen molar-refractivity contribution in [3.8, 4) is 5.75 Å². The number of anilines is 1. The summed E-state index contributed by atoms with van der Waals surface area (Å²) in [5.41, 5.74) is 2.89. The van der Waals surface area contributed by atoms with Crippen LogP contribution in [0.3, 0.4) is 0 Å². The van der Waals surface area contributed by atoms with Gasteiger partial charge in [-0.1, -0.05) is 18.2 Å². The van der Waals surface area contributed by atoms with E-state index in [4.69, 9.17) is 9.88 Å². The van der Waals surface area contributed by atoms with Gasteiger partial charge in [0.15, 0.2) is 0 Å². The van der Waals surface area contributed by atoms with Crippen molar-refractivity contribution in [3.05, 3.63) is 53.6 Å². The molecule has 27 heavy (non-hydrogen) atoms. The molecule has 0 radical (unpaired) electrons. The molecule has 0 aliphatic heterocycles. The van der Waals surface area contributed by atoms with Crippen LogP contribution >= 0.6 is 0 Å². The van der Waals surface area contributed by atoms with Crippen molar-refractivity contribution in [1.82, 2.24) is 5.32 Å². The number of hydrogen-bond acceptors (Lipinski definition) is 5. The molecule has 0 aliphatic rings. The number of amides is 1. The first kappa shape index (κ1) is 20.7. The van der Waals surface area contributed by atoms with Crippen LogP contribution in [0, 0.1) is 6.92 Å². The van der Waals surface area contributed by atoms with Gasteiger partial charge in [-0.2, -0.15) is 0 Å². The number of aryl methyl sites for hydroxylation is 1. The number of sulfonamides is 1. The van der Waals surface area contributed by atoms with Crippen molar-refractivity contribution in [3.63, 3.8) is 0 Å². The van der Waals surface area contributed by atoms with E-state index in [1.54, 1.807) is 19.2 Å². The Morgan fingerprint density at radius 1 is 1.11 bits per heavy atom. The zero-order valence-corrected chi connectivity index (χ0v) is 16.3. The van der Waals surface area contributed by atoms with E-state index < -0.39 is 10.0 Å². The number of nitrogens with two attached hydrogens (primary N) is 1. The molecule has 146 valence electrons. The monoisotopic (exact) mass is 391 g/mol. The van der Waals surface area contributed by atoms with Gasteiger partial charge >= 0.3 is 0 Å². The third kappa shape index (κ3) is 6.58. The standard InChI is InChI=1S/C19H25N3O4S/c1-14-3-8-18(26-2)17(13-14)21-12-10-19(23)22-11-9-15-4-6-16(7-5-15)27(20,24)25/h3-8,13,21H,9-12H2,1-2H3,(H,22,23)(H2,20,24,25). The smallest absolute Gasteiger partial charge is 0.238 e. The van der Waals surface area contributed by atoms with Crippen LogP contribution < -0.4 is 20.5 Å². The number of carbonyl (C=O) groups excluding carboxylic acids is 1. The first-order valence-electron chi connectivity index (χ1n) is 8.56. The second-order valence-corrected chi connectivity index (χ2v) is 7.73. The molecule has 0 bridgehead atoms. The SMILES string of the molecule is COc1ccc(C)cc1NCCC(=O)NCCc1ccc(S(N)(=O)=O)cc1. The highest BCUT2D eigenvalue weighted by atomic mass is 32.2. The lowest BCUT2D eigenvalue weighted by atomic mass is 10.1. The number of benzene rings is 2. The Morgan fingerprint density at radius 3 is 2.44 bits per heavy atom. The van der Waals surface area contributed by atoms with E-state index in [1.165, 1.54) is 12.1 Å². The van der Waals surface area contributed by atoms with Gasteiger partial charge in [-0.25, -0.2) is 13.6 Å². The molecule has 0 saturated heterocycles. The third-order valence-corrected chi connectivity index (χ3v) is 4.94. The maximum absolute atomic E-state index is 12.0. The number of carbonyl (C=O) groups is 1. The van der Waals surface area contributed by atoms with Crippen molar-refractivity contribution in [2.24, 2.45) is 5.14 Å². The van der Waals surface area contributed by atoms with Crippen molar-refractivity contribution >= 4 is 21.6 Å². The molecule has 2 rings (SSSR count). The molecule has 4 N–H and O–H groups in total. The van der Waals surface area contributed by atoms with Crippen LogP contribution in [-0.2, 0) is 21.2 Å². The van der Waals surface area contributed by atoms with Gasteiger partial charge in [0.2, 0.25) is 15.9 Å². The van der Waals surface area contributed by atoms with E-state index in [1.807, 2.05) is 25.1 Å². The van der Waals surface area contributed by atoms with Gasteiger partial charge in [0.05, 0.1) is 17.7 Å². The second-order valence-electron chi connectivity index (χ2n) is 6.17. The molecule has 0 atom stereocenters. The summed E-state index contributed by atoms with van der Waals surface area (Å²) in [6.45, 7) is 2.96. The van der Waals surface area contributed by atoms with Crippen LogP contribution in [0.5, 0.6) is 5.75 Å². The first-order chi connectivity index (χ1) is 12.8. The largest absolute Gasteiger partial charge is 0.495 e. The molecule has 0 heterocycles. The van der Waals surface area contributed by atoms with E-state index in [9.17, 15) is 13.2 Å². The van der Waals surface area contributed by atoms with Gasteiger partial charge in [-0.05, 0) is 48.7 Å². The fourth-order valence-electron chi connectivity index (χ4n) is 2.55. The minimum Gasteiger partial charge on any atom is -0.495 e. The van der Waals surface area contributed by atoms with Gasteiger partial charge in [-0.15, -0.1) is 0 Å². The number of methoxy groups -OCH3 is 1. The quantitative estimate of drug-likeness (QED) is 0.604. The summed E-state index contributed by atoms with van der Waals surface area (Å²) in [5.74, 6) is 0.680. The number of nitrogens with one attached hydrogen (secondary N) is 2. The first-order valence-corrected chi connectivity index (χ1v) is 10.1. The summed E-state index contributed by atoms with van der Waals surface area (Å²) in [4.78, 5) is 12.0. The molecular weight excluding hydrogens is 366 g/mol. The lowest BCUT2D eigenvalue weighted by Crippen LogP contribution is -2.27. The topological polar surface area (TPSA) is 111 Å². The molecule has 8 heteroatoms. The zero-order valence-electron chi connectivity index (χ0n) is 15.5. The maximum atomic E-state index is 12.0. The molecule has 0 aliphatic carbocycles. The summed E-state index contributed by atoms with van der Waals surface area (Å²) < 4.78 is 27.7. The molecule has 0 spiro atoms. The zero-order chi connectivity index (χ0) is 19.9. The van der Waals surface area contributed by atoms with Crippen molar-refractivity contribution in [1.29, 1.82) is 0 Å². The second kappa shape index (κ2) is 9.38. The molecule has 0 aromatic heterocycles. The van der Waals surface area contributed by atoms with E-state index >= 15 is 0 Å². The van der Waals surface area contributed by atoms with Gasteiger partial charge in [0.25, 0.3) is 0 Å². The summed E-state index contributed by atoms with van der Waals surface area (Å²) >= 11 is 0. The summed E-state index contributed by atoms with van der Waals surface area (Å²) in [5, 5.41) is 11.1. The van der Waals surface area contributed by atoms with E-state index in [2.05, 4.69) is 10.6 Å². The molecule has 2 aromatic carbocycles. The highest BCUT2D eigenvalue weighted by molar-refractivity contribution is 7.89. The van der Waals surface area contributed by atoms with Gasteiger partial charge in [-0.3, -0.25) is 4.79 Å². The molecule has 0 saturated carbocycles. The lowest BCUT2D eigenvalue weighted by molar-refractivity contribution is -0.120. The molecule has 2 aromatic rings. The summed E-state index contributed by atoms with van der Waals surface area (Å²) in [6.07, 6.45) is 0.942. The van der Waals surface area contributed by atoms with Crippen LogP contribution in [0.2, 0.25) is 0 Å². The highest BCUT2D eigenvalue weighted by Gasteiger charge is 2.07. The average Bonchev–Trinajstić information content (AvgIpc) is 2.61. The average molecular weight is 391 g/mol. The van der Waals surface area contributed by atoms with Crippen LogP contribution in [0.15, 0.2) is 47.4 Å². The van der Waals surface area contributed by atoms with Gasteiger partial charge in [0, 0.05) is 19.5 Å². The predicted octanol–water partition coefficient (Wildman–Crippen LogP) is 1.81. The Bertz CT molecular complexity index is 880. The minimum absolute atomic E-state index is 0.0599. The Morgan fingerprint density at radius 2 is 1.81 bits per heavy atom. The number of rotatable bonds is 9. The van der Waals surface area contributed by atoms with E-state index in [0.717, 1.165) is 22.6 Å². The van der Waals surface area contributed by atoms with Crippen LogP contribution in [0.4, 0.5) is 5.69 Å². The molecule has 0 fully saturated rings. The fourth-order valence-corrected chi connectivity index (χ4v) is 3.07. The number of ether oxygens (including phenoxy) is 1. The number of primary sulfonamides is 1. The van der Waals surface area contributed by atoms with Crippen LogP contribution in [0.25, 0.3) is 0 Å². The molecular formula is C19H25N3O4S. The fraction of sp³-hybridized carbons (Fsp3) is 0.316. The van der Waals surface area contributed by atoms with Gasteiger partial charge in [0.1, 0.15) is 5.75 Å². The Hall–Kier alpha value is -2.58. The predicted molar refractivity (Wildman–Crippen MR) is 105 cm³/mol. The normalized spacial score (nSPS) is 11.1. The third-order valence-electron chi connectivity index (χ3n) is 4.01. The summed E-state index contributed by atoms with van der Waals surface area (Å²) in [6, 6.07) is 12.1. The van der Waals surface area contributed by atoms with E-state index in [-0.39, 0.29) is 10.8 Å². The van der Waals surface area contributed by atoms with Crippen LogP contribution in [0.1, 0.15) is 17.5 Å². The lowest BCUT2D eigenvalue weighted by Gasteiger charge is -2.12. The Kier molecular flexibility index (Phi) is 7.20. The minimum atomic E-state index is -3.68. The summed E-state index contributed by atoms with van der Waals surface area (Å²) in [7, 11) is -2.07. The van der Waals surface area contributed by atoms with Crippen molar-refractivity contribution in [2.45, 2.75) is 24.7 Å². The Labute approximate surface area is 160 Å². The Balaban J connectivity index is 1.73. The van der Waals surface area contributed by atoms with Crippen molar-refractivity contribution < 1.29 is 17.9 Å².